The lowest BCUT2D eigenvalue weighted by molar-refractivity contribution is 0.0904. The Morgan fingerprint density at radius 1 is 1.53 bits per heavy atom. The molecule has 1 saturated carbocycles. The minimum absolute atomic E-state index is 0.0600. The summed E-state index contributed by atoms with van der Waals surface area (Å²) in [6.45, 7) is -0.0600. The second-order valence-electron chi connectivity index (χ2n) is 3.74. The lowest BCUT2D eigenvalue weighted by atomic mass is 10.2. The molecule has 5 nitrogen and oxygen atoms in total. The van der Waals surface area contributed by atoms with Gasteiger partial charge in [0.15, 0.2) is 0 Å². The molecule has 80 valence electrons. The van der Waals surface area contributed by atoms with E-state index in [1.165, 1.54) is 12.1 Å². The van der Waals surface area contributed by atoms with Gasteiger partial charge in [-0.25, -0.2) is 4.79 Å². The van der Waals surface area contributed by atoms with Gasteiger partial charge in [-0.1, -0.05) is 0 Å². The van der Waals surface area contributed by atoms with E-state index in [9.17, 15) is 9.59 Å². The maximum absolute atomic E-state index is 11.6. The average Bonchev–Trinajstić information content (AvgIpc) is 2.99. The van der Waals surface area contributed by atoms with E-state index >= 15 is 0 Å². The van der Waals surface area contributed by atoms with E-state index in [0.717, 1.165) is 19.1 Å². The van der Waals surface area contributed by atoms with Crippen molar-refractivity contribution in [2.75, 3.05) is 6.61 Å². The number of hydrogen-bond acceptors (Lipinski definition) is 4. The summed E-state index contributed by atoms with van der Waals surface area (Å²) in [6, 6.07) is 2.59. The fourth-order valence-corrected chi connectivity index (χ4v) is 1.27. The van der Waals surface area contributed by atoms with E-state index in [4.69, 9.17) is 5.11 Å². The van der Waals surface area contributed by atoms with E-state index in [2.05, 4.69) is 9.73 Å². The SMILES string of the molecule is O=C(NC1(CO)CC1)c1ccc(=O)oc1. The fourth-order valence-electron chi connectivity index (χ4n) is 1.27. The minimum Gasteiger partial charge on any atom is -0.430 e. The number of rotatable bonds is 3. The zero-order valence-corrected chi connectivity index (χ0v) is 8.03. The highest BCUT2D eigenvalue weighted by molar-refractivity contribution is 5.94. The van der Waals surface area contributed by atoms with Crippen LogP contribution in [0, 0.1) is 0 Å². The Labute approximate surface area is 85.7 Å². The predicted molar refractivity (Wildman–Crippen MR) is 51.5 cm³/mol. The van der Waals surface area contributed by atoms with Crippen LogP contribution in [-0.4, -0.2) is 23.2 Å². The Bertz CT molecular complexity index is 413. The van der Waals surface area contributed by atoms with Crippen molar-refractivity contribution in [3.05, 3.63) is 34.4 Å². The van der Waals surface area contributed by atoms with Gasteiger partial charge < -0.3 is 14.8 Å². The molecule has 2 N–H and O–H groups in total. The normalized spacial score (nSPS) is 17.1. The highest BCUT2D eigenvalue weighted by Crippen LogP contribution is 2.34. The molecule has 5 heteroatoms. The summed E-state index contributed by atoms with van der Waals surface area (Å²) in [7, 11) is 0. The standard InChI is InChI=1S/C10H11NO4/c12-6-10(3-4-10)11-9(14)7-1-2-8(13)15-5-7/h1-2,5,12H,3-4,6H2,(H,11,14). The molecule has 0 atom stereocenters. The van der Waals surface area contributed by atoms with Gasteiger partial charge in [-0.2, -0.15) is 0 Å². The quantitative estimate of drug-likeness (QED) is 0.728. The molecule has 1 aromatic heterocycles. The first-order valence-electron chi connectivity index (χ1n) is 4.67. The summed E-state index contributed by atoms with van der Waals surface area (Å²) in [6.07, 6.45) is 2.68. The number of nitrogens with one attached hydrogen (secondary N) is 1. The Morgan fingerprint density at radius 2 is 2.27 bits per heavy atom. The van der Waals surface area contributed by atoms with Gasteiger partial charge in [0.1, 0.15) is 6.26 Å². The van der Waals surface area contributed by atoms with Gasteiger partial charge in [0.25, 0.3) is 5.91 Å². The van der Waals surface area contributed by atoms with Crippen molar-refractivity contribution in [2.45, 2.75) is 18.4 Å². The van der Waals surface area contributed by atoms with Crippen molar-refractivity contribution in [3.8, 4) is 0 Å². The molecule has 15 heavy (non-hydrogen) atoms. The van der Waals surface area contributed by atoms with Crippen LogP contribution in [0.15, 0.2) is 27.6 Å². The lowest BCUT2D eigenvalue weighted by Crippen LogP contribution is -2.39. The topological polar surface area (TPSA) is 79.5 Å². The van der Waals surface area contributed by atoms with Crippen molar-refractivity contribution < 1.29 is 14.3 Å². The maximum atomic E-state index is 11.6. The molecular formula is C10H11NO4. The molecule has 0 radical (unpaired) electrons. The summed E-state index contributed by atoms with van der Waals surface area (Å²) in [4.78, 5) is 22.2. The molecule has 2 rings (SSSR count). The predicted octanol–water partition coefficient (Wildman–Crippen LogP) is -0.106. The van der Waals surface area contributed by atoms with Crippen LogP contribution in [0.1, 0.15) is 23.2 Å². The maximum Gasteiger partial charge on any atom is 0.335 e. The molecule has 1 heterocycles. The summed E-state index contributed by atoms with van der Waals surface area (Å²) < 4.78 is 4.57. The van der Waals surface area contributed by atoms with Gasteiger partial charge in [-0.05, 0) is 18.9 Å². The molecule has 1 aliphatic rings. The zero-order chi connectivity index (χ0) is 10.9. The summed E-state index contributed by atoms with van der Waals surface area (Å²) in [5, 5.41) is 11.7. The van der Waals surface area contributed by atoms with Gasteiger partial charge in [0.2, 0.25) is 0 Å². The van der Waals surface area contributed by atoms with E-state index in [1.54, 1.807) is 0 Å². The van der Waals surface area contributed by atoms with Crippen LogP contribution >= 0.6 is 0 Å². The third-order valence-electron chi connectivity index (χ3n) is 2.50. The number of amides is 1. The molecule has 1 fully saturated rings. The minimum atomic E-state index is -0.491. The van der Waals surface area contributed by atoms with Gasteiger partial charge in [-0.15, -0.1) is 0 Å². The zero-order valence-electron chi connectivity index (χ0n) is 8.03. The average molecular weight is 209 g/mol. The van der Waals surface area contributed by atoms with E-state index < -0.39 is 11.2 Å². The van der Waals surface area contributed by atoms with Crippen LogP contribution in [0.2, 0.25) is 0 Å². The summed E-state index contributed by atoms with van der Waals surface area (Å²) >= 11 is 0. The highest BCUT2D eigenvalue weighted by atomic mass is 16.4. The fraction of sp³-hybridized carbons (Fsp3) is 0.400. The number of aliphatic hydroxyl groups is 1. The molecule has 0 saturated heterocycles. The van der Waals surface area contributed by atoms with Crippen LogP contribution < -0.4 is 10.9 Å². The second kappa shape index (κ2) is 3.51. The number of carbonyl (C=O) groups is 1. The van der Waals surface area contributed by atoms with Gasteiger partial charge in [-0.3, -0.25) is 4.79 Å². The third kappa shape index (κ3) is 2.07. The lowest BCUT2D eigenvalue weighted by Gasteiger charge is -2.13. The van der Waals surface area contributed by atoms with Crippen LogP contribution in [-0.2, 0) is 0 Å². The second-order valence-corrected chi connectivity index (χ2v) is 3.74. The molecule has 0 unspecified atom stereocenters. The third-order valence-corrected chi connectivity index (χ3v) is 2.50. The van der Waals surface area contributed by atoms with Crippen molar-refractivity contribution in [3.63, 3.8) is 0 Å². The Kier molecular flexibility index (Phi) is 2.32. The van der Waals surface area contributed by atoms with Crippen LogP contribution in [0.3, 0.4) is 0 Å². The largest absolute Gasteiger partial charge is 0.430 e. The molecule has 1 aliphatic carbocycles. The number of hydrogen-bond donors (Lipinski definition) is 2. The summed E-state index contributed by atoms with van der Waals surface area (Å²) in [5.74, 6) is -0.328. The van der Waals surface area contributed by atoms with Gasteiger partial charge >= 0.3 is 5.63 Å². The first-order chi connectivity index (χ1) is 7.15. The Balaban J connectivity index is 2.08. The molecule has 0 spiro atoms. The molecule has 0 bridgehead atoms. The molecule has 1 aromatic rings. The van der Waals surface area contributed by atoms with Gasteiger partial charge in [0.05, 0.1) is 17.7 Å². The van der Waals surface area contributed by atoms with E-state index in [1.807, 2.05) is 0 Å². The van der Waals surface area contributed by atoms with Gasteiger partial charge in [0, 0.05) is 6.07 Å². The van der Waals surface area contributed by atoms with E-state index in [0.29, 0.717) is 0 Å². The molecule has 1 amide bonds. The number of aliphatic hydroxyl groups excluding tert-OH is 1. The van der Waals surface area contributed by atoms with E-state index in [-0.39, 0.29) is 18.1 Å². The number of carbonyl (C=O) groups excluding carboxylic acids is 1. The van der Waals surface area contributed by atoms with Crippen molar-refractivity contribution in [1.29, 1.82) is 0 Å². The van der Waals surface area contributed by atoms with Crippen molar-refractivity contribution in [1.82, 2.24) is 5.32 Å². The Hall–Kier alpha value is -1.62. The highest BCUT2D eigenvalue weighted by Gasteiger charge is 2.43. The molecule has 0 aromatic carbocycles. The first-order valence-corrected chi connectivity index (χ1v) is 4.67. The molecular weight excluding hydrogens is 198 g/mol. The summed E-state index contributed by atoms with van der Waals surface area (Å²) in [5.41, 5.74) is -0.656. The Morgan fingerprint density at radius 3 is 2.73 bits per heavy atom. The van der Waals surface area contributed by atoms with Crippen molar-refractivity contribution >= 4 is 5.91 Å². The smallest absolute Gasteiger partial charge is 0.335 e. The van der Waals surface area contributed by atoms with Crippen LogP contribution in [0.4, 0.5) is 0 Å². The monoisotopic (exact) mass is 209 g/mol. The van der Waals surface area contributed by atoms with Crippen molar-refractivity contribution in [2.24, 2.45) is 0 Å². The van der Waals surface area contributed by atoms with Crippen LogP contribution in [0.5, 0.6) is 0 Å². The van der Waals surface area contributed by atoms with Crippen LogP contribution in [0.25, 0.3) is 0 Å². The first kappa shape index (κ1) is 9.92. The molecule has 0 aliphatic heterocycles.